The minimum atomic E-state index is -2.69. The normalized spacial score (nSPS) is 11.2. The Balaban J connectivity index is 1.88. The molecule has 0 fully saturated rings. The highest BCUT2D eigenvalue weighted by Gasteiger charge is 2.15. The summed E-state index contributed by atoms with van der Waals surface area (Å²) in [5.41, 5.74) is 2.93. The van der Waals surface area contributed by atoms with Crippen LogP contribution in [0.5, 0.6) is 5.75 Å². The van der Waals surface area contributed by atoms with E-state index in [1.54, 1.807) is 6.07 Å². The largest absolute Gasteiger partial charge is 0.423 e. The number of carbonyl (C=O) groups excluding carboxylic acids is 1. The molecule has 0 spiro atoms. The van der Waals surface area contributed by atoms with Crippen LogP contribution in [-0.2, 0) is 0 Å². The quantitative estimate of drug-likeness (QED) is 0.578. The van der Waals surface area contributed by atoms with Crippen molar-refractivity contribution in [3.63, 3.8) is 0 Å². The van der Waals surface area contributed by atoms with Crippen molar-refractivity contribution in [2.24, 2.45) is 0 Å². The van der Waals surface area contributed by atoms with Crippen molar-refractivity contribution in [2.45, 2.75) is 20.3 Å². The molecule has 0 radical (unpaired) electrons. The number of esters is 1. The van der Waals surface area contributed by atoms with Crippen LogP contribution < -0.4 is 4.74 Å². The Kier molecular flexibility index (Phi) is 3.82. The summed E-state index contributed by atoms with van der Waals surface area (Å²) in [4.78, 5) is 18.5. The summed E-state index contributed by atoms with van der Waals surface area (Å²) in [6, 6.07) is 9.96. The van der Waals surface area contributed by atoms with Gasteiger partial charge in [0.2, 0.25) is 0 Å². The molecule has 0 saturated heterocycles. The van der Waals surface area contributed by atoms with Crippen molar-refractivity contribution in [1.29, 1.82) is 0 Å². The SMILES string of the molecule is Cc1ccc(OC(=O)c2ccc3nc(C(F)F)[nH]c3c2)c(C)c1. The molecule has 4 nitrogen and oxygen atoms in total. The molecule has 1 heterocycles. The number of halogens is 2. The molecule has 2 aromatic carbocycles. The molecule has 23 heavy (non-hydrogen) atoms. The highest BCUT2D eigenvalue weighted by atomic mass is 19.3. The molecule has 1 N–H and O–H groups in total. The van der Waals surface area contributed by atoms with Crippen LogP contribution in [0.3, 0.4) is 0 Å². The first-order chi connectivity index (χ1) is 10.9. The number of benzene rings is 2. The average molecular weight is 316 g/mol. The second-order valence-corrected chi connectivity index (χ2v) is 5.31. The number of rotatable bonds is 3. The number of nitrogens with zero attached hydrogens (tertiary/aromatic N) is 1. The molecule has 0 bridgehead atoms. The van der Waals surface area contributed by atoms with Crippen molar-refractivity contribution in [2.75, 3.05) is 0 Å². The molecule has 0 unspecified atom stereocenters. The first-order valence-corrected chi connectivity index (χ1v) is 7.01. The van der Waals surface area contributed by atoms with E-state index in [1.807, 2.05) is 26.0 Å². The van der Waals surface area contributed by atoms with Crippen LogP contribution in [0.1, 0.15) is 33.7 Å². The third-order valence-electron chi connectivity index (χ3n) is 3.48. The molecule has 1 aromatic heterocycles. The third kappa shape index (κ3) is 3.06. The van der Waals surface area contributed by atoms with Crippen molar-refractivity contribution < 1.29 is 18.3 Å². The second kappa shape index (κ2) is 5.79. The van der Waals surface area contributed by atoms with Gasteiger partial charge in [0, 0.05) is 0 Å². The number of aromatic nitrogens is 2. The summed E-state index contributed by atoms with van der Waals surface area (Å²) in [7, 11) is 0. The molecule has 0 aliphatic heterocycles. The molecule has 6 heteroatoms. The van der Waals surface area contributed by atoms with Crippen LogP contribution in [-0.4, -0.2) is 15.9 Å². The van der Waals surface area contributed by atoms with Gasteiger partial charge in [0.25, 0.3) is 6.43 Å². The van der Waals surface area contributed by atoms with E-state index in [0.29, 0.717) is 16.8 Å². The Labute approximate surface area is 131 Å². The van der Waals surface area contributed by atoms with E-state index in [1.165, 1.54) is 18.2 Å². The monoisotopic (exact) mass is 316 g/mol. The number of hydrogen-bond acceptors (Lipinski definition) is 3. The maximum Gasteiger partial charge on any atom is 0.343 e. The lowest BCUT2D eigenvalue weighted by Crippen LogP contribution is -2.09. The first kappa shape index (κ1) is 15.1. The fourth-order valence-corrected chi connectivity index (χ4v) is 2.33. The highest BCUT2D eigenvalue weighted by molar-refractivity contribution is 5.95. The van der Waals surface area contributed by atoms with E-state index in [-0.39, 0.29) is 5.56 Å². The van der Waals surface area contributed by atoms with Crippen LogP contribution >= 0.6 is 0 Å². The zero-order chi connectivity index (χ0) is 16.6. The molecule has 0 aliphatic carbocycles. The van der Waals surface area contributed by atoms with E-state index < -0.39 is 18.2 Å². The minimum Gasteiger partial charge on any atom is -0.423 e. The summed E-state index contributed by atoms with van der Waals surface area (Å²) >= 11 is 0. The van der Waals surface area contributed by atoms with Gasteiger partial charge in [0.15, 0.2) is 5.82 Å². The number of aryl methyl sites for hydroxylation is 2. The number of aromatic amines is 1. The highest BCUT2D eigenvalue weighted by Crippen LogP contribution is 2.23. The van der Waals surface area contributed by atoms with Gasteiger partial charge in [-0.3, -0.25) is 0 Å². The van der Waals surface area contributed by atoms with Crippen LogP contribution in [0.15, 0.2) is 36.4 Å². The number of imidazole rings is 1. The average Bonchev–Trinajstić information content (AvgIpc) is 2.93. The van der Waals surface area contributed by atoms with E-state index in [4.69, 9.17) is 4.74 Å². The van der Waals surface area contributed by atoms with E-state index in [2.05, 4.69) is 9.97 Å². The van der Waals surface area contributed by atoms with Gasteiger partial charge in [0.1, 0.15) is 5.75 Å². The Bertz CT molecular complexity index is 887. The summed E-state index contributed by atoms with van der Waals surface area (Å²) in [6.07, 6.45) is -2.69. The second-order valence-electron chi connectivity index (χ2n) is 5.31. The van der Waals surface area contributed by atoms with Crippen molar-refractivity contribution in [3.05, 3.63) is 58.9 Å². The summed E-state index contributed by atoms with van der Waals surface area (Å²) in [5.74, 6) is -0.495. The fourth-order valence-electron chi connectivity index (χ4n) is 2.33. The van der Waals surface area contributed by atoms with Gasteiger partial charge in [-0.25, -0.2) is 18.6 Å². The van der Waals surface area contributed by atoms with Gasteiger partial charge in [0.05, 0.1) is 16.6 Å². The number of alkyl halides is 2. The number of hydrogen-bond donors (Lipinski definition) is 1. The number of nitrogens with one attached hydrogen (secondary N) is 1. The Morgan fingerprint density at radius 3 is 2.65 bits per heavy atom. The smallest absolute Gasteiger partial charge is 0.343 e. The van der Waals surface area contributed by atoms with Crippen LogP contribution in [0, 0.1) is 13.8 Å². The van der Waals surface area contributed by atoms with Crippen LogP contribution in [0.2, 0.25) is 0 Å². The van der Waals surface area contributed by atoms with E-state index in [0.717, 1.165) is 11.1 Å². The van der Waals surface area contributed by atoms with Gasteiger partial charge < -0.3 is 9.72 Å². The molecular formula is C17H14F2N2O2. The van der Waals surface area contributed by atoms with Crippen molar-refractivity contribution in [1.82, 2.24) is 9.97 Å². The van der Waals surface area contributed by atoms with E-state index in [9.17, 15) is 13.6 Å². The summed E-state index contributed by atoms with van der Waals surface area (Å²) in [6.45, 7) is 3.80. The van der Waals surface area contributed by atoms with E-state index >= 15 is 0 Å². The predicted octanol–water partition coefficient (Wildman–Crippen LogP) is 4.34. The maximum absolute atomic E-state index is 12.6. The standard InChI is InChI=1S/C17H14F2N2O2/c1-9-3-6-14(10(2)7-9)23-17(22)11-4-5-12-13(8-11)21-16(20-12)15(18)19/h3-8,15H,1-2H3,(H,20,21). The van der Waals surface area contributed by atoms with Gasteiger partial charge in [-0.05, 0) is 43.7 Å². The topological polar surface area (TPSA) is 55.0 Å². The number of H-pyrrole nitrogens is 1. The minimum absolute atomic E-state index is 0.266. The molecule has 0 atom stereocenters. The lowest BCUT2D eigenvalue weighted by molar-refractivity contribution is 0.0733. The van der Waals surface area contributed by atoms with Gasteiger partial charge in [-0.15, -0.1) is 0 Å². The lowest BCUT2D eigenvalue weighted by atomic mass is 10.1. The molecule has 0 saturated carbocycles. The lowest BCUT2D eigenvalue weighted by Gasteiger charge is -2.08. The number of ether oxygens (including phenoxy) is 1. The molecule has 0 aliphatic rings. The first-order valence-electron chi connectivity index (χ1n) is 7.01. The van der Waals surface area contributed by atoms with Crippen molar-refractivity contribution in [3.8, 4) is 5.75 Å². The zero-order valence-electron chi connectivity index (χ0n) is 12.6. The summed E-state index contributed by atoms with van der Waals surface area (Å²) < 4.78 is 30.7. The van der Waals surface area contributed by atoms with Crippen LogP contribution in [0.4, 0.5) is 8.78 Å². The van der Waals surface area contributed by atoms with Gasteiger partial charge in [-0.2, -0.15) is 0 Å². The molecule has 3 rings (SSSR count). The summed E-state index contributed by atoms with van der Waals surface area (Å²) in [5, 5.41) is 0. The zero-order valence-corrected chi connectivity index (χ0v) is 12.6. The van der Waals surface area contributed by atoms with Crippen LogP contribution in [0.25, 0.3) is 11.0 Å². The number of fused-ring (bicyclic) bond motifs is 1. The van der Waals surface area contributed by atoms with Gasteiger partial charge >= 0.3 is 5.97 Å². The maximum atomic E-state index is 12.6. The Morgan fingerprint density at radius 1 is 1.17 bits per heavy atom. The molecule has 0 amide bonds. The molecule has 118 valence electrons. The fraction of sp³-hybridized carbons (Fsp3) is 0.176. The molecule has 3 aromatic rings. The molecular weight excluding hydrogens is 302 g/mol. The Morgan fingerprint density at radius 2 is 1.96 bits per heavy atom. The van der Waals surface area contributed by atoms with Crippen molar-refractivity contribution >= 4 is 17.0 Å². The predicted molar refractivity (Wildman–Crippen MR) is 81.9 cm³/mol. The number of carbonyl (C=O) groups is 1. The Hall–Kier alpha value is -2.76. The van der Waals surface area contributed by atoms with Gasteiger partial charge in [-0.1, -0.05) is 17.7 Å². The third-order valence-corrected chi connectivity index (χ3v) is 3.48.